The van der Waals surface area contributed by atoms with Crippen molar-refractivity contribution in [3.63, 3.8) is 0 Å². The van der Waals surface area contributed by atoms with Crippen LogP contribution >= 0.6 is 0 Å². The van der Waals surface area contributed by atoms with E-state index in [2.05, 4.69) is 53.1 Å². The Hall–Kier alpha value is -2.84. The Bertz CT molecular complexity index is 1390. The van der Waals surface area contributed by atoms with Crippen molar-refractivity contribution < 1.29 is 9.13 Å². The van der Waals surface area contributed by atoms with E-state index < -0.39 is 0 Å². The maximum atomic E-state index is 16.2. The minimum atomic E-state index is -0.159. The molecule has 4 aromatic heterocycles. The first kappa shape index (κ1) is 22.6. The van der Waals surface area contributed by atoms with Gasteiger partial charge in [0.15, 0.2) is 11.5 Å². The fourth-order valence-corrected chi connectivity index (χ4v) is 5.91. The summed E-state index contributed by atoms with van der Waals surface area (Å²) >= 11 is 0. The lowest BCUT2D eigenvalue weighted by molar-refractivity contribution is -0.0121. The van der Waals surface area contributed by atoms with Crippen molar-refractivity contribution in [1.29, 1.82) is 0 Å². The van der Waals surface area contributed by atoms with Crippen LogP contribution in [0.3, 0.4) is 0 Å². The highest BCUT2D eigenvalue weighted by atomic mass is 19.1. The van der Waals surface area contributed by atoms with Gasteiger partial charge in [0, 0.05) is 29.1 Å². The molecule has 8 heteroatoms. The lowest BCUT2D eigenvalue weighted by Crippen LogP contribution is -2.51. The molecule has 0 unspecified atom stereocenters. The number of rotatable bonds is 5. The number of hydrogen-bond donors (Lipinski definition) is 2. The number of hydrogen-bond acceptors (Lipinski definition) is 5. The molecular weight excluding hydrogens is 443 g/mol. The molecule has 0 atom stereocenters. The van der Waals surface area contributed by atoms with Crippen LogP contribution in [0.1, 0.15) is 73.8 Å². The first-order valence-electron chi connectivity index (χ1n) is 12.8. The molecule has 35 heavy (non-hydrogen) atoms. The molecule has 1 saturated heterocycles. The summed E-state index contributed by atoms with van der Waals surface area (Å²) in [5, 5.41) is 8.72. The average Bonchev–Trinajstić information content (AvgIpc) is 3.45. The van der Waals surface area contributed by atoms with Crippen LogP contribution in [0.5, 0.6) is 0 Å². The van der Waals surface area contributed by atoms with E-state index in [0.717, 1.165) is 78.0 Å². The van der Waals surface area contributed by atoms with Crippen LogP contribution in [0.25, 0.3) is 27.8 Å². The Morgan fingerprint density at radius 1 is 1.09 bits per heavy atom. The number of aromatic amines is 1. The third-order valence-corrected chi connectivity index (χ3v) is 8.04. The number of nitrogens with zero attached hydrogens (tertiary/aromatic N) is 4. The molecule has 1 saturated carbocycles. The molecule has 0 aromatic carbocycles. The van der Waals surface area contributed by atoms with Gasteiger partial charge < -0.3 is 15.0 Å². The number of ether oxygens (including phenoxy) is 1. The average molecular weight is 477 g/mol. The molecule has 0 spiro atoms. The van der Waals surface area contributed by atoms with Crippen molar-refractivity contribution in [1.82, 2.24) is 29.9 Å². The molecule has 0 amide bonds. The highest BCUT2D eigenvalue weighted by molar-refractivity contribution is 5.92. The Balaban J connectivity index is 1.39. The predicted molar refractivity (Wildman–Crippen MR) is 134 cm³/mol. The topological polar surface area (TPSA) is 80.1 Å². The number of nitrogens with one attached hydrogen (secondary N) is 2. The summed E-state index contributed by atoms with van der Waals surface area (Å²) in [5.74, 6) is 0.136. The number of pyridine rings is 2. The van der Waals surface area contributed by atoms with Crippen LogP contribution in [-0.4, -0.2) is 49.9 Å². The van der Waals surface area contributed by atoms with Gasteiger partial charge in [0.25, 0.3) is 0 Å². The van der Waals surface area contributed by atoms with Gasteiger partial charge >= 0.3 is 0 Å². The summed E-state index contributed by atoms with van der Waals surface area (Å²) in [7, 11) is 0. The third-order valence-electron chi connectivity index (χ3n) is 8.04. The Labute approximate surface area is 204 Å². The largest absolute Gasteiger partial charge is 0.378 e. The third kappa shape index (κ3) is 3.74. The van der Waals surface area contributed by atoms with E-state index in [9.17, 15) is 0 Å². The quantitative estimate of drug-likeness (QED) is 0.416. The van der Waals surface area contributed by atoms with Crippen LogP contribution in [0.4, 0.5) is 4.39 Å². The highest BCUT2D eigenvalue weighted by Gasteiger charge is 2.31. The number of aromatic nitrogens is 5. The van der Waals surface area contributed by atoms with E-state index in [1.165, 1.54) is 0 Å². The SMILES string of the molecule is Cc1c(-c2[nH]c3cnc(C4CCC(NC5COC5)CC4)c(F)c3c2C(C)C)cn2ncnc2c1C. The van der Waals surface area contributed by atoms with Gasteiger partial charge in [-0.2, -0.15) is 5.10 Å². The fraction of sp³-hybridized carbons (Fsp3) is 0.519. The molecule has 0 bridgehead atoms. The monoisotopic (exact) mass is 476 g/mol. The first-order valence-corrected chi connectivity index (χ1v) is 12.8. The lowest BCUT2D eigenvalue weighted by atomic mass is 9.82. The summed E-state index contributed by atoms with van der Waals surface area (Å²) in [6.07, 6.45) is 9.40. The van der Waals surface area contributed by atoms with E-state index in [-0.39, 0.29) is 17.7 Å². The minimum Gasteiger partial charge on any atom is -0.378 e. The van der Waals surface area contributed by atoms with Crippen LogP contribution < -0.4 is 5.32 Å². The maximum absolute atomic E-state index is 16.2. The molecule has 6 rings (SSSR count). The molecule has 1 aliphatic carbocycles. The van der Waals surface area contributed by atoms with E-state index in [0.29, 0.717) is 23.2 Å². The molecule has 2 fully saturated rings. The number of aryl methyl sites for hydroxylation is 1. The van der Waals surface area contributed by atoms with Gasteiger partial charge in [-0.15, -0.1) is 0 Å². The maximum Gasteiger partial charge on any atom is 0.158 e. The molecular formula is C27H33FN6O. The van der Waals surface area contributed by atoms with Gasteiger partial charge in [0.05, 0.1) is 42.4 Å². The zero-order valence-electron chi connectivity index (χ0n) is 20.9. The van der Waals surface area contributed by atoms with Crippen LogP contribution in [0, 0.1) is 19.7 Å². The molecule has 1 aliphatic heterocycles. The predicted octanol–water partition coefficient (Wildman–Crippen LogP) is 5.17. The van der Waals surface area contributed by atoms with Crippen LogP contribution in [-0.2, 0) is 4.74 Å². The summed E-state index contributed by atoms with van der Waals surface area (Å²) in [6.45, 7) is 10.0. The first-order chi connectivity index (χ1) is 16.9. The second-order valence-electron chi connectivity index (χ2n) is 10.6. The smallest absolute Gasteiger partial charge is 0.158 e. The van der Waals surface area contributed by atoms with E-state index in [1.807, 2.05) is 12.4 Å². The van der Waals surface area contributed by atoms with Gasteiger partial charge in [-0.25, -0.2) is 13.9 Å². The Morgan fingerprint density at radius 3 is 2.54 bits per heavy atom. The van der Waals surface area contributed by atoms with Crippen molar-refractivity contribution in [2.75, 3.05) is 13.2 Å². The van der Waals surface area contributed by atoms with Crippen molar-refractivity contribution in [2.24, 2.45) is 0 Å². The Kier molecular flexibility index (Phi) is 5.60. The second kappa shape index (κ2) is 8.68. The molecule has 5 heterocycles. The van der Waals surface area contributed by atoms with E-state index >= 15 is 4.39 Å². The van der Waals surface area contributed by atoms with Gasteiger partial charge in [0.1, 0.15) is 6.33 Å². The van der Waals surface area contributed by atoms with Gasteiger partial charge in [-0.3, -0.25) is 4.98 Å². The van der Waals surface area contributed by atoms with Crippen LogP contribution in [0.2, 0.25) is 0 Å². The number of halogens is 1. The van der Waals surface area contributed by atoms with Crippen molar-refractivity contribution in [3.8, 4) is 11.3 Å². The molecule has 2 N–H and O–H groups in total. The van der Waals surface area contributed by atoms with Crippen molar-refractivity contribution >= 4 is 16.6 Å². The summed E-state index contributed by atoms with van der Waals surface area (Å²) < 4.78 is 23.3. The zero-order valence-corrected chi connectivity index (χ0v) is 20.9. The van der Waals surface area contributed by atoms with Crippen molar-refractivity contribution in [2.45, 2.75) is 77.3 Å². The van der Waals surface area contributed by atoms with Gasteiger partial charge in [-0.1, -0.05) is 13.8 Å². The standard InChI is InChI=1S/C27H33FN6O/c1-14(2)22-23-21(33-26(22)20-10-34-27(30-13-31-34)16(4)15(20)3)9-29-25(24(23)28)17-5-7-18(8-6-17)32-19-11-35-12-19/h9-10,13-14,17-19,32-33H,5-8,11-12H2,1-4H3. The van der Waals surface area contributed by atoms with Gasteiger partial charge in [-0.05, 0) is 62.1 Å². The van der Waals surface area contributed by atoms with Crippen molar-refractivity contribution in [3.05, 3.63) is 46.9 Å². The Morgan fingerprint density at radius 2 is 1.86 bits per heavy atom. The molecule has 2 aliphatic rings. The number of fused-ring (bicyclic) bond motifs is 2. The zero-order chi connectivity index (χ0) is 24.3. The van der Waals surface area contributed by atoms with E-state index in [1.54, 1.807) is 10.8 Å². The molecule has 7 nitrogen and oxygen atoms in total. The number of H-pyrrole nitrogens is 1. The van der Waals surface area contributed by atoms with E-state index in [4.69, 9.17) is 4.74 Å². The molecule has 184 valence electrons. The van der Waals surface area contributed by atoms with Gasteiger partial charge in [0.2, 0.25) is 0 Å². The summed E-state index contributed by atoms with van der Waals surface area (Å²) in [4.78, 5) is 12.6. The summed E-state index contributed by atoms with van der Waals surface area (Å²) in [5.41, 5.74) is 7.38. The minimum absolute atomic E-state index is 0.138. The summed E-state index contributed by atoms with van der Waals surface area (Å²) in [6, 6.07) is 0.980. The molecule has 4 aromatic rings. The highest BCUT2D eigenvalue weighted by Crippen LogP contribution is 2.41. The van der Waals surface area contributed by atoms with Crippen LogP contribution in [0.15, 0.2) is 18.7 Å². The molecule has 0 radical (unpaired) electrons. The normalized spacial score (nSPS) is 21.3. The fourth-order valence-electron chi connectivity index (χ4n) is 5.91. The second-order valence-corrected chi connectivity index (χ2v) is 10.6. The lowest BCUT2D eigenvalue weighted by Gasteiger charge is -2.35.